The van der Waals surface area contributed by atoms with E-state index >= 15 is 0 Å². The highest BCUT2D eigenvalue weighted by Crippen LogP contribution is 2.12. The van der Waals surface area contributed by atoms with Crippen LogP contribution >= 0.6 is 0 Å². The van der Waals surface area contributed by atoms with Crippen molar-refractivity contribution < 1.29 is 28.2 Å². The molecule has 0 fully saturated rings. The minimum atomic E-state index is -3.37. The molecule has 0 saturated heterocycles. The van der Waals surface area contributed by atoms with E-state index in [9.17, 15) is 13.2 Å². The number of carboxylic acid groups (broad SMARTS) is 2. The molecule has 0 unspecified atom stereocenters. The van der Waals surface area contributed by atoms with Gasteiger partial charge in [-0.2, -0.15) is 4.98 Å². The maximum absolute atomic E-state index is 11.1. The quantitative estimate of drug-likeness (QED) is 0.580. The van der Waals surface area contributed by atoms with Crippen molar-refractivity contribution in [3.8, 4) is 0 Å². The average molecular weight is 278 g/mol. The Hall–Kier alpha value is -2.17. The number of anilines is 1. The molecule has 0 spiro atoms. The van der Waals surface area contributed by atoms with Gasteiger partial charge in [-0.3, -0.25) is 9.52 Å². The zero-order valence-electron chi connectivity index (χ0n) is 9.19. The van der Waals surface area contributed by atoms with Crippen molar-refractivity contribution in [3.63, 3.8) is 0 Å². The van der Waals surface area contributed by atoms with Gasteiger partial charge in [-0.1, -0.05) is 0 Å². The van der Waals surface area contributed by atoms with Crippen molar-refractivity contribution in [3.05, 3.63) is 5.82 Å². The van der Waals surface area contributed by atoms with E-state index in [0.29, 0.717) is 0 Å². The second-order valence-corrected chi connectivity index (χ2v) is 5.07. The Kier molecular flexibility index (Phi) is 3.86. The Bertz CT molecular complexity index is 573. The van der Waals surface area contributed by atoms with Crippen molar-refractivity contribution in [2.45, 2.75) is 13.5 Å². The van der Waals surface area contributed by atoms with Crippen LogP contribution in [0.15, 0.2) is 0 Å². The van der Waals surface area contributed by atoms with Gasteiger partial charge in [0.1, 0.15) is 0 Å². The molecule has 10 nitrogen and oxygen atoms in total. The van der Waals surface area contributed by atoms with Gasteiger partial charge < -0.3 is 10.2 Å². The van der Waals surface area contributed by atoms with Crippen molar-refractivity contribution in [1.29, 1.82) is 0 Å². The van der Waals surface area contributed by atoms with Crippen LogP contribution < -0.4 is 4.72 Å². The molecule has 3 N–H and O–H groups in total. The lowest BCUT2D eigenvalue weighted by atomic mass is 10.6. The lowest BCUT2D eigenvalue weighted by Gasteiger charge is -2.13. The third-order valence-corrected chi connectivity index (χ3v) is 2.90. The molecule has 1 aromatic rings. The van der Waals surface area contributed by atoms with E-state index in [1.54, 1.807) is 0 Å². The Morgan fingerprint density at radius 2 is 1.94 bits per heavy atom. The van der Waals surface area contributed by atoms with Crippen LogP contribution in [0.2, 0.25) is 0 Å². The third kappa shape index (κ3) is 3.69. The largest absolute Gasteiger partial charge is 0.481 e. The number of carbonyl (C=O) groups is 2. The first-order chi connectivity index (χ1) is 8.21. The summed E-state index contributed by atoms with van der Waals surface area (Å²) in [5.41, 5.74) is 0. The van der Waals surface area contributed by atoms with Gasteiger partial charge in [0.25, 0.3) is 11.8 Å². The number of sulfonamides is 1. The summed E-state index contributed by atoms with van der Waals surface area (Å²) >= 11 is 0. The Balaban J connectivity index is 0.000000357. The van der Waals surface area contributed by atoms with E-state index in [2.05, 4.69) is 14.8 Å². The lowest BCUT2D eigenvalue weighted by Crippen LogP contribution is -2.28. The topological polar surface area (TPSA) is 151 Å². The van der Waals surface area contributed by atoms with Gasteiger partial charge in [0, 0.05) is 6.92 Å². The lowest BCUT2D eigenvalue weighted by molar-refractivity contribution is -0.134. The van der Waals surface area contributed by atoms with Crippen LogP contribution in [0.1, 0.15) is 17.5 Å². The first kappa shape index (κ1) is 13.9. The number of nitrogens with one attached hydrogen (secondary N) is 1. The first-order valence-corrected chi connectivity index (χ1v) is 6.24. The predicted molar refractivity (Wildman–Crippen MR) is 57.7 cm³/mol. The monoisotopic (exact) mass is 278 g/mol. The molecule has 1 aliphatic heterocycles. The molecule has 11 heteroatoms. The molecular weight excluding hydrogens is 268 g/mol. The predicted octanol–water partition coefficient (Wildman–Crippen LogP) is -1.18. The second kappa shape index (κ2) is 5.00. The Morgan fingerprint density at radius 1 is 1.39 bits per heavy atom. The number of rotatable bonds is 1. The van der Waals surface area contributed by atoms with E-state index < -0.39 is 27.8 Å². The Labute approximate surface area is 101 Å². The van der Waals surface area contributed by atoms with Gasteiger partial charge in [0.05, 0.1) is 12.3 Å². The standard InChI is InChI=1S/C5H6N4O4S.C2H4O2/c10-4(11)3-6-5-8-14(12,13)2-1-9(5)7-3;1-2(3)4/h1-2H2,(H,10,11)(H,6,7,8);1H3,(H,3,4). The fourth-order valence-electron chi connectivity index (χ4n) is 1.06. The number of aryl methyl sites for hydroxylation is 1. The van der Waals surface area contributed by atoms with Crippen LogP contribution in [0.3, 0.4) is 0 Å². The summed E-state index contributed by atoms with van der Waals surface area (Å²) in [6, 6.07) is 0. The zero-order valence-corrected chi connectivity index (χ0v) is 10.0. The molecule has 2 rings (SSSR count). The van der Waals surface area contributed by atoms with Crippen LogP contribution in [0.25, 0.3) is 0 Å². The van der Waals surface area contributed by atoms with Crippen LogP contribution in [0, 0.1) is 0 Å². The maximum Gasteiger partial charge on any atom is 0.375 e. The highest BCUT2D eigenvalue weighted by molar-refractivity contribution is 7.92. The van der Waals surface area contributed by atoms with Crippen molar-refractivity contribution >= 4 is 27.9 Å². The SMILES string of the molecule is CC(=O)O.O=C(O)c1nc2n(n1)CCS(=O)(=O)N2. The summed E-state index contributed by atoms with van der Waals surface area (Å²) in [6.07, 6.45) is 0. The minimum absolute atomic E-state index is 0.0475. The first-order valence-electron chi connectivity index (χ1n) is 4.59. The van der Waals surface area contributed by atoms with Crippen LogP contribution in [0.5, 0.6) is 0 Å². The van der Waals surface area contributed by atoms with Gasteiger partial charge in [0.15, 0.2) is 0 Å². The summed E-state index contributed by atoms with van der Waals surface area (Å²) in [7, 11) is -3.37. The smallest absolute Gasteiger partial charge is 0.375 e. The number of fused-ring (bicyclic) bond motifs is 1. The summed E-state index contributed by atoms with van der Waals surface area (Å²) in [4.78, 5) is 23.0. The molecule has 0 aromatic carbocycles. The summed E-state index contributed by atoms with van der Waals surface area (Å²) in [5, 5.41) is 19.6. The van der Waals surface area contributed by atoms with Crippen LogP contribution in [-0.2, 0) is 21.4 Å². The highest BCUT2D eigenvalue weighted by Gasteiger charge is 2.24. The molecule has 0 bridgehead atoms. The van der Waals surface area contributed by atoms with Gasteiger partial charge >= 0.3 is 5.97 Å². The molecule has 0 aliphatic carbocycles. The molecule has 18 heavy (non-hydrogen) atoms. The van der Waals surface area contributed by atoms with Gasteiger partial charge in [-0.05, 0) is 0 Å². The molecule has 0 atom stereocenters. The minimum Gasteiger partial charge on any atom is -0.481 e. The molecular formula is C7H10N4O6S. The fourth-order valence-corrected chi connectivity index (χ4v) is 2.01. The molecule has 2 heterocycles. The van der Waals surface area contributed by atoms with E-state index in [-0.39, 0.29) is 18.2 Å². The average Bonchev–Trinajstić information content (AvgIpc) is 2.57. The summed E-state index contributed by atoms with van der Waals surface area (Å²) < 4.78 is 25.4. The number of carboxylic acids is 2. The van der Waals surface area contributed by atoms with Gasteiger partial charge in [-0.15, -0.1) is 5.10 Å². The van der Waals surface area contributed by atoms with Crippen LogP contribution in [-0.4, -0.2) is 51.1 Å². The van der Waals surface area contributed by atoms with E-state index in [1.165, 1.54) is 4.68 Å². The Morgan fingerprint density at radius 3 is 2.44 bits per heavy atom. The number of aromatic carboxylic acids is 1. The third-order valence-electron chi connectivity index (χ3n) is 1.68. The van der Waals surface area contributed by atoms with Gasteiger partial charge in [0.2, 0.25) is 16.0 Å². The van der Waals surface area contributed by atoms with Crippen molar-refractivity contribution in [2.75, 3.05) is 10.5 Å². The van der Waals surface area contributed by atoms with Crippen LogP contribution in [0.4, 0.5) is 5.95 Å². The second-order valence-electron chi connectivity index (χ2n) is 3.23. The zero-order chi connectivity index (χ0) is 13.9. The molecule has 1 aliphatic rings. The molecule has 100 valence electrons. The number of aliphatic carboxylic acids is 1. The summed E-state index contributed by atoms with van der Waals surface area (Å²) in [6.45, 7) is 1.20. The number of aromatic nitrogens is 3. The number of hydrogen-bond acceptors (Lipinski definition) is 6. The summed E-state index contributed by atoms with van der Waals surface area (Å²) in [5.74, 6) is -2.70. The molecule has 0 saturated carbocycles. The van der Waals surface area contributed by atoms with E-state index in [1.807, 2.05) is 0 Å². The highest BCUT2D eigenvalue weighted by atomic mass is 32.2. The van der Waals surface area contributed by atoms with Gasteiger partial charge in [-0.25, -0.2) is 17.9 Å². The maximum atomic E-state index is 11.1. The number of nitrogens with zero attached hydrogens (tertiary/aromatic N) is 3. The normalized spacial score (nSPS) is 15.6. The fraction of sp³-hybridized carbons (Fsp3) is 0.429. The molecule has 1 aromatic heterocycles. The number of hydrogen-bond donors (Lipinski definition) is 3. The molecule has 0 amide bonds. The van der Waals surface area contributed by atoms with Crippen molar-refractivity contribution in [2.24, 2.45) is 0 Å². The van der Waals surface area contributed by atoms with Crippen molar-refractivity contribution in [1.82, 2.24) is 14.8 Å². The molecule has 0 radical (unpaired) electrons. The van der Waals surface area contributed by atoms with E-state index in [0.717, 1.165) is 6.92 Å². The van der Waals surface area contributed by atoms with E-state index in [4.69, 9.17) is 15.0 Å².